The van der Waals surface area contributed by atoms with Gasteiger partial charge in [-0.1, -0.05) is 20.8 Å². The van der Waals surface area contributed by atoms with Gasteiger partial charge in [-0.05, 0) is 18.8 Å². The summed E-state index contributed by atoms with van der Waals surface area (Å²) in [7, 11) is 2.45. The summed E-state index contributed by atoms with van der Waals surface area (Å²) in [5.74, 6) is -2.41. The van der Waals surface area contributed by atoms with Crippen molar-refractivity contribution in [2.75, 3.05) is 14.2 Å². The van der Waals surface area contributed by atoms with Crippen molar-refractivity contribution in [2.24, 2.45) is 11.8 Å². The Labute approximate surface area is 142 Å². The van der Waals surface area contributed by atoms with Gasteiger partial charge in [0.2, 0.25) is 11.8 Å². The van der Waals surface area contributed by atoms with Gasteiger partial charge in [0, 0.05) is 6.92 Å². The van der Waals surface area contributed by atoms with Gasteiger partial charge in [-0.3, -0.25) is 14.4 Å². The molecule has 0 heterocycles. The monoisotopic (exact) mass is 344 g/mol. The van der Waals surface area contributed by atoms with Crippen molar-refractivity contribution < 1.29 is 28.7 Å². The predicted octanol–water partition coefficient (Wildman–Crippen LogP) is 0.394. The molecule has 2 amide bonds. The summed E-state index contributed by atoms with van der Waals surface area (Å²) < 4.78 is 9.30. The molecule has 138 valence electrons. The first-order chi connectivity index (χ1) is 11.1. The highest BCUT2D eigenvalue weighted by atomic mass is 16.5. The summed E-state index contributed by atoms with van der Waals surface area (Å²) in [5.41, 5.74) is 0. The van der Waals surface area contributed by atoms with Crippen molar-refractivity contribution in [1.82, 2.24) is 10.6 Å². The molecule has 0 fully saturated rings. The molecule has 0 saturated carbocycles. The molecule has 0 saturated heterocycles. The summed E-state index contributed by atoms with van der Waals surface area (Å²) >= 11 is 0. The van der Waals surface area contributed by atoms with Crippen molar-refractivity contribution in [3.8, 4) is 0 Å². The molecule has 0 aliphatic carbocycles. The van der Waals surface area contributed by atoms with Crippen LogP contribution in [-0.2, 0) is 28.7 Å². The van der Waals surface area contributed by atoms with Crippen LogP contribution in [0.15, 0.2) is 0 Å². The number of esters is 2. The number of carbonyl (C=O) groups excluding carboxylic acids is 4. The van der Waals surface area contributed by atoms with Gasteiger partial charge < -0.3 is 20.1 Å². The zero-order valence-corrected chi connectivity index (χ0v) is 15.2. The molecule has 8 heteroatoms. The van der Waals surface area contributed by atoms with Gasteiger partial charge in [0.05, 0.1) is 20.1 Å². The zero-order chi connectivity index (χ0) is 18.9. The quantitative estimate of drug-likeness (QED) is 0.586. The van der Waals surface area contributed by atoms with E-state index in [-0.39, 0.29) is 18.2 Å². The van der Waals surface area contributed by atoms with Crippen LogP contribution in [0.4, 0.5) is 0 Å². The Morgan fingerprint density at radius 1 is 0.833 bits per heavy atom. The van der Waals surface area contributed by atoms with E-state index in [1.165, 1.54) is 21.1 Å². The summed E-state index contributed by atoms with van der Waals surface area (Å²) in [4.78, 5) is 47.1. The summed E-state index contributed by atoms with van der Waals surface area (Å²) in [6.07, 6.45) is 0.464. The molecule has 0 aromatic heterocycles. The summed E-state index contributed by atoms with van der Waals surface area (Å²) in [6.45, 7) is 6.74. The Kier molecular flexibility index (Phi) is 9.68. The number of ether oxygens (including phenoxy) is 2. The maximum Gasteiger partial charge on any atom is 0.328 e. The van der Waals surface area contributed by atoms with E-state index in [9.17, 15) is 19.2 Å². The van der Waals surface area contributed by atoms with Crippen LogP contribution < -0.4 is 10.6 Å². The minimum absolute atomic E-state index is 0.0412. The smallest absolute Gasteiger partial charge is 0.328 e. The van der Waals surface area contributed by atoms with Crippen LogP contribution in [0.25, 0.3) is 0 Å². The van der Waals surface area contributed by atoms with Crippen LogP contribution in [-0.4, -0.2) is 50.1 Å². The van der Waals surface area contributed by atoms with Crippen molar-refractivity contribution >= 4 is 23.8 Å². The normalized spacial score (nSPS) is 14.3. The number of hydrogen-bond acceptors (Lipinski definition) is 6. The highest BCUT2D eigenvalue weighted by Crippen LogP contribution is 2.11. The van der Waals surface area contributed by atoms with E-state index < -0.39 is 35.8 Å². The third kappa shape index (κ3) is 7.94. The molecule has 0 rings (SSSR count). The predicted molar refractivity (Wildman–Crippen MR) is 86.8 cm³/mol. The molecule has 0 bridgehead atoms. The molecule has 0 aromatic carbocycles. The molecule has 2 N–H and O–H groups in total. The second kappa shape index (κ2) is 10.6. The van der Waals surface area contributed by atoms with Crippen LogP contribution in [0, 0.1) is 11.8 Å². The van der Waals surface area contributed by atoms with E-state index in [2.05, 4.69) is 20.1 Å². The Bertz CT molecular complexity index is 463. The van der Waals surface area contributed by atoms with Crippen LogP contribution in [0.1, 0.15) is 40.5 Å². The van der Waals surface area contributed by atoms with Crippen LogP contribution in [0.3, 0.4) is 0 Å². The lowest BCUT2D eigenvalue weighted by Gasteiger charge is -2.24. The minimum atomic E-state index is -1.000. The molecule has 0 aromatic rings. The molecular formula is C16H28N2O6. The Hall–Kier alpha value is -2.12. The first-order valence-electron chi connectivity index (χ1n) is 7.85. The van der Waals surface area contributed by atoms with Crippen LogP contribution in [0.2, 0.25) is 0 Å². The summed E-state index contributed by atoms with van der Waals surface area (Å²) in [6, 6.07) is -1.76. The number of amides is 2. The average Bonchev–Trinajstić information content (AvgIpc) is 2.50. The molecule has 0 unspecified atom stereocenters. The van der Waals surface area contributed by atoms with E-state index in [4.69, 9.17) is 0 Å². The van der Waals surface area contributed by atoms with Gasteiger partial charge >= 0.3 is 11.9 Å². The van der Waals surface area contributed by atoms with Gasteiger partial charge in [-0.15, -0.1) is 0 Å². The fourth-order valence-corrected chi connectivity index (χ4v) is 2.23. The highest BCUT2D eigenvalue weighted by molar-refractivity contribution is 5.90. The van der Waals surface area contributed by atoms with Gasteiger partial charge in [-0.2, -0.15) is 0 Å². The van der Waals surface area contributed by atoms with E-state index in [0.717, 1.165) is 0 Å². The van der Waals surface area contributed by atoms with Gasteiger partial charge in [0.25, 0.3) is 0 Å². The summed E-state index contributed by atoms with van der Waals surface area (Å²) in [5, 5.41) is 5.12. The SMILES string of the molecule is COC(=O)[C@H](C[C@H](C)C(=O)OC)NC(=O)[C@H](CC(C)C)NC(C)=O. The Morgan fingerprint density at radius 3 is 1.79 bits per heavy atom. The maximum absolute atomic E-state index is 12.4. The second-order valence-electron chi connectivity index (χ2n) is 6.13. The second-order valence-corrected chi connectivity index (χ2v) is 6.13. The van der Waals surface area contributed by atoms with Crippen molar-refractivity contribution in [3.63, 3.8) is 0 Å². The number of methoxy groups -OCH3 is 2. The molecule has 8 nitrogen and oxygen atoms in total. The van der Waals surface area contributed by atoms with E-state index in [0.29, 0.717) is 6.42 Å². The van der Waals surface area contributed by atoms with Gasteiger partial charge in [0.15, 0.2) is 0 Å². The Morgan fingerprint density at radius 2 is 1.38 bits per heavy atom. The lowest BCUT2D eigenvalue weighted by molar-refractivity contribution is -0.149. The first-order valence-corrected chi connectivity index (χ1v) is 7.85. The first kappa shape index (κ1) is 21.9. The minimum Gasteiger partial charge on any atom is -0.469 e. The lowest BCUT2D eigenvalue weighted by atomic mass is 9.99. The molecule has 0 radical (unpaired) electrons. The van der Waals surface area contributed by atoms with Crippen molar-refractivity contribution in [1.29, 1.82) is 0 Å². The van der Waals surface area contributed by atoms with Crippen LogP contribution >= 0.6 is 0 Å². The number of hydrogen-bond donors (Lipinski definition) is 2. The third-order valence-corrected chi connectivity index (χ3v) is 3.40. The standard InChI is InChI=1S/C16H28N2O6/c1-9(2)7-12(17-11(4)19)14(20)18-13(16(22)24-6)8-10(3)15(21)23-5/h9-10,12-13H,7-8H2,1-6H3,(H,17,19)(H,18,20)/t10-,12-,13-/m0/s1. The van der Waals surface area contributed by atoms with Gasteiger partial charge in [0.1, 0.15) is 12.1 Å². The number of rotatable bonds is 9. The molecule has 24 heavy (non-hydrogen) atoms. The zero-order valence-electron chi connectivity index (χ0n) is 15.2. The van der Waals surface area contributed by atoms with Gasteiger partial charge in [-0.25, -0.2) is 4.79 Å². The van der Waals surface area contributed by atoms with E-state index in [1.54, 1.807) is 6.92 Å². The van der Waals surface area contributed by atoms with Crippen LogP contribution in [0.5, 0.6) is 0 Å². The van der Waals surface area contributed by atoms with E-state index in [1.807, 2.05) is 13.8 Å². The molecule has 0 spiro atoms. The lowest BCUT2D eigenvalue weighted by Crippen LogP contribution is -2.52. The van der Waals surface area contributed by atoms with Crippen molar-refractivity contribution in [2.45, 2.75) is 52.6 Å². The van der Waals surface area contributed by atoms with Crippen molar-refractivity contribution in [3.05, 3.63) is 0 Å². The largest absolute Gasteiger partial charge is 0.469 e. The highest BCUT2D eigenvalue weighted by Gasteiger charge is 2.30. The molecular weight excluding hydrogens is 316 g/mol. The molecule has 0 aliphatic rings. The number of nitrogens with one attached hydrogen (secondary N) is 2. The fourth-order valence-electron chi connectivity index (χ4n) is 2.23. The Balaban J connectivity index is 5.08. The topological polar surface area (TPSA) is 111 Å². The fraction of sp³-hybridized carbons (Fsp3) is 0.750. The molecule has 0 aliphatic heterocycles. The van der Waals surface area contributed by atoms with E-state index >= 15 is 0 Å². The maximum atomic E-state index is 12.4. The third-order valence-electron chi connectivity index (χ3n) is 3.40. The average molecular weight is 344 g/mol. The number of carbonyl (C=O) groups is 4. The molecule has 3 atom stereocenters.